The van der Waals surface area contributed by atoms with Crippen molar-refractivity contribution in [3.63, 3.8) is 0 Å². The molecule has 0 aliphatic carbocycles. The lowest BCUT2D eigenvalue weighted by Crippen LogP contribution is -2.54. The molecule has 1 aromatic rings. The van der Waals surface area contributed by atoms with Crippen LogP contribution in [0.3, 0.4) is 0 Å². The summed E-state index contributed by atoms with van der Waals surface area (Å²) in [6.07, 6.45) is -4.67. The summed E-state index contributed by atoms with van der Waals surface area (Å²) in [6, 6.07) is 5.35. The van der Waals surface area contributed by atoms with E-state index < -0.39 is 17.3 Å². The van der Waals surface area contributed by atoms with E-state index in [9.17, 15) is 18.0 Å². The Morgan fingerprint density at radius 1 is 1.29 bits per heavy atom. The Labute approximate surface area is 144 Å². The summed E-state index contributed by atoms with van der Waals surface area (Å²) in [6.45, 7) is 8.56. The van der Waals surface area contributed by atoms with Crippen LogP contribution < -0.4 is 0 Å². The highest BCUT2D eigenvalue weighted by molar-refractivity contribution is 8.00. The fraction of sp³-hybridized carbons (Fsp3) is 0.588. The Balaban J connectivity index is 1.87. The van der Waals surface area contributed by atoms with Gasteiger partial charge in [0.1, 0.15) is 5.60 Å². The van der Waals surface area contributed by atoms with Crippen LogP contribution in [-0.2, 0) is 10.9 Å². The Hall–Kier alpha value is -1.37. The Bertz CT molecular complexity index is 592. The molecule has 24 heavy (non-hydrogen) atoms. The van der Waals surface area contributed by atoms with Gasteiger partial charge in [-0.3, -0.25) is 0 Å². The maximum atomic E-state index is 12.7. The molecule has 134 valence electrons. The van der Waals surface area contributed by atoms with Crippen LogP contribution in [-0.4, -0.2) is 34.9 Å². The fourth-order valence-electron chi connectivity index (χ4n) is 2.34. The third-order valence-corrected chi connectivity index (χ3v) is 4.99. The molecule has 0 saturated carbocycles. The van der Waals surface area contributed by atoms with Gasteiger partial charge in [-0.15, -0.1) is 11.8 Å². The number of nitrogens with zero attached hydrogens (tertiary/aromatic N) is 1. The molecule has 0 bridgehead atoms. The van der Waals surface area contributed by atoms with Crippen molar-refractivity contribution < 1.29 is 22.7 Å². The van der Waals surface area contributed by atoms with Gasteiger partial charge in [0.05, 0.1) is 5.56 Å². The minimum absolute atomic E-state index is 0.118. The average molecular weight is 361 g/mol. The van der Waals surface area contributed by atoms with Gasteiger partial charge in [-0.2, -0.15) is 13.2 Å². The van der Waals surface area contributed by atoms with Crippen molar-refractivity contribution in [2.24, 2.45) is 5.92 Å². The second kappa shape index (κ2) is 6.86. The number of hydrogen-bond acceptors (Lipinski definition) is 3. The van der Waals surface area contributed by atoms with Gasteiger partial charge in [0.2, 0.25) is 0 Å². The number of alkyl halides is 3. The average Bonchev–Trinajstić information content (AvgIpc) is 2.33. The van der Waals surface area contributed by atoms with Gasteiger partial charge >= 0.3 is 12.3 Å². The number of carbonyl (C=O) groups excluding carboxylic acids is 1. The number of benzene rings is 1. The van der Waals surface area contributed by atoms with Crippen molar-refractivity contribution in [3.8, 4) is 0 Å². The zero-order valence-corrected chi connectivity index (χ0v) is 15.0. The molecule has 0 N–H and O–H groups in total. The second-order valence-electron chi connectivity index (χ2n) is 6.99. The van der Waals surface area contributed by atoms with E-state index in [-0.39, 0.29) is 17.3 Å². The first-order valence-electron chi connectivity index (χ1n) is 7.77. The lowest BCUT2D eigenvalue weighted by atomic mass is 9.97. The molecule has 0 spiro atoms. The number of thioether (sulfide) groups is 1. The van der Waals surface area contributed by atoms with E-state index in [2.05, 4.69) is 0 Å². The van der Waals surface area contributed by atoms with Crippen molar-refractivity contribution in [1.29, 1.82) is 0 Å². The SMILES string of the molecule is CC(Sc1cccc(C(F)(F)F)c1)C1CN(C(=O)OC(C)(C)C)C1. The van der Waals surface area contributed by atoms with Crippen LogP contribution in [0.4, 0.5) is 18.0 Å². The third-order valence-electron chi connectivity index (χ3n) is 3.71. The van der Waals surface area contributed by atoms with Crippen LogP contribution in [0, 0.1) is 5.92 Å². The highest BCUT2D eigenvalue weighted by Crippen LogP contribution is 2.36. The van der Waals surface area contributed by atoms with Crippen molar-refractivity contribution in [1.82, 2.24) is 4.90 Å². The van der Waals surface area contributed by atoms with Gasteiger partial charge in [-0.05, 0) is 39.0 Å². The van der Waals surface area contributed by atoms with E-state index in [1.54, 1.807) is 11.0 Å². The van der Waals surface area contributed by atoms with Gasteiger partial charge in [-0.25, -0.2) is 4.79 Å². The summed E-state index contributed by atoms with van der Waals surface area (Å²) in [5, 5.41) is 0.118. The Morgan fingerprint density at radius 3 is 2.46 bits per heavy atom. The van der Waals surface area contributed by atoms with Crippen LogP contribution in [0.15, 0.2) is 29.2 Å². The van der Waals surface area contributed by atoms with E-state index in [4.69, 9.17) is 4.74 Å². The normalized spacial score (nSPS) is 17.4. The molecule has 1 atom stereocenters. The third kappa shape index (κ3) is 5.06. The van der Waals surface area contributed by atoms with Crippen LogP contribution in [0.5, 0.6) is 0 Å². The van der Waals surface area contributed by atoms with Crippen molar-refractivity contribution >= 4 is 17.9 Å². The summed E-state index contributed by atoms with van der Waals surface area (Å²) in [4.78, 5) is 14.1. The molecule has 1 aromatic carbocycles. The zero-order chi connectivity index (χ0) is 18.1. The first-order chi connectivity index (χ1) is 11.0. The topological polar surface area (TPSA) is 29.5 Å². The van der Waals surface area contributed by atoms with Crippen LogP contribution >= 0.6 is 11.8 Å². The predicted molar refractivity (Wildman–Crippen MR) is 88.1 cm³/mol. The maximum Gasteiger partial charge on any atom is 0.416 e. The Kier molecular flexibility index (Phi) is 5.42. The van der Waals surface area contributed by atoms with E-state index in [1.807, 2.05) is 27.7 Å². The molecule has 1 fully saturated rings. The second-order valence-corrected chi connectivity index (χ2v) is 8.44. The van der Waals surface area contributed by atoms with Gasteiger partial charge in [0.25, 0.3) is 0 Å². The lowest BCUT2D eigenvalue weighted by Gasteiger charge is -2.42. The quantitative estimate of drug-likeness (QED) is 0.706. The van der Waals surface area contributed by atoms with E-state index in [1.165, 1.54) is 23.9 Å². The molecular weight excluding hydrogens is 339 g/mol. The van der Waals surface area contributed by atoms with Crippen LogP contribution in [0.1, 0.15) is 33.3 Å². The molecule has 1 saturated heterocycles. The molecule has 0 aromatic heterocycles. The van der Waals surface area contributed by atoms with Gasteiger partial charge in [-0.1, -0.05) is 13.0 Å². The molecule has 1 amide bonds. The zero-order valence-electron chi connectivity index (χ0n) is 14.2. The van der Waals surface area contributed by atoms with Gasteiger partial charge in [0.15, 0.2) is 0 Å². The minimum atomic E-state index is -4.33. The van der Waals surface area contributed by atoms with Gasteiger partial charge < -0.3 is 9.64 Å². The van der Waals surface area contributed by atoms with Crippen molar-refractivity contribution in [2.45, 2.75) is 49.6 Å². The fourth-order valence-corrected chi connectivity index (χ4v) is 3.49. The van der Waals surface area contributed by atoms with Crippen molar-refractivity contribution in [3.05, 3.63) is 29.8 Å². The summed E-state index contributed by atoms with van der Waals surface area (Å²) in [5.74, 6) is 0.247. The molecule has 1 heterocycles. The molecule has 2 rings (SSSR count). The molecule has 3 nitrogen and oxygen atoms in total. The number of hydrogen-bond donors (Lipinski definition) is 0. The molecule has 7 heteroatoms. The largest absolute Gasteiger partial charge is 0.444 e. The summed E-state index contributed by atoms with van der Waals surface area (Å²) in [7, 11) is 0. The standard InChI is InChI=1S/C17H22F3NO2S/c1-11(12-9-21(10-12)15(22)23-16(2,3)4)24-14-7-5-6-13(8-14)17(18,19)20/h5-8,11-12H,9-10H2,1-4H3. The van der Waals surface area contributed by atoms with Crippen LogP contribution in [0.2, 0.25) is 0 Å². The molecule has 1 aliphatic rings. The summed E-state index contributed by atoms with van der Waals surface area (Å²) >= 11 is 1.41. The molecule has 1 aliphatic heterocycles. The highest BCUT2D eigenvalue weighted by atomic mass is 32.2. The molecule has 0 radical (unpaired) electrons. The number of ether oxygens (including phenoxy) is 1. The smallest absolute Gasteiger partial charge is 0.416 e. The number of halogens is 3. The predicted octanol–water partition coefficient (Wildman–Crippen LogP) is 5.05. The lowest BCUT2D eigenvalue weighted by molar-refractivity contribution is -0.137. The summed E-state index contributed by atoms with van der Waals surface area (Å²) in [5.41, 5.74) is -1.16. The number of rotatable bonds is 3. The summed E-state index contributed by atoms with van der Waals surface area (Å²) < 4.78 is 43.5. The van der Waals surface area contributed by atoms with Crippen LogP contribution in [0.25, 0.3) is 0 Å². The minimum Gasteiger partial charge on any atom is -0.444 e. The maximum absolute atomic E-state index is 12.7. The molecule has 1 unspecified atom stereocenters. The van der Waals surface area contributed by atoms with E-state index in [0.717, 1.165) is 6.07 Å². The Morgan fingerprint density at radius 2 is 1.92 bits per heavy atom. The number of likely N-dealkylation sites (tertiary alicyclic amines) is 1. The first-order valence-corrected chi connectivity index (χ1v) is 8.65. The van der Waals surface area contributed by atoms with E-state index in [0.29, 0.717) is 18.0 Å². The number of carbonyl (C=O) groups is 1. The molecular formula is C17H22F3NO2S. The van der Waals surface area contributed by atoms with Crippen molar-refractivity contribution in [2.75, 3.05) is 13.1 Å². The monoisotopic (exact) mass is 361 g/mol. The van der Waals surface area contributed by atoms with E-state index >= 15 is 0 Å². The highest BCUT2D eigenvalue weighted by Gasteiger charge is 2.37. The van der Waals surface area contributed by atoms with Gasteiger partial charge in [0, 0.05) is 29.2 Å². The first kappa shape index (κ1) is 19.0. The number of amides is 1.